The molecule has 1 atom stereocenters. The summed E-state index contributed by atoms with van der Waals surface area (Å²) < 4.78 is 35.4. The highest BCUT2D eigenvalue weighted by Crippen LogP contribution is 2.18. The van der Waals surface area contributed by atoms with Gasteiger partial charge in [0.25, 0.3) is 0 Å². The summed E-state index contributed by atoms with van der Waals surface area (Å²) in [7, 11) is -3.86. The predicted octanol–water partition coefficient (Wildman–Crippen LogP) is 1.46. The minimum absolute atomic E-state index is 0.116. The van der Waals surface area contributed by atoms with Crippen molar-refractivity contribution in [1.29, 1.82) is 0 Å². The second kappa shape index (κ2) is 4.63. The number of halogens is 1. The van der Waals surface area contributed by atoms with Gasteiger partial charge >= 0.3 is 0 Å². The van der Waals surface area contributed by atoms with Crippen LogP contribution in [0.15, 0.2) is 35.7 Å². The standard InChI is InChI=1S/C10H13FN2O2S/c1-3-7(2)13-10-5-4-8(6-9(10)11)16(12,14)15/h3-7,13H,1H2,2H3,(H2,12,14,15). The van der Waals surface area contributed by atoms with Crippen LogP contribution in [0.3, 0.4) is 0 Å². The fourth-order valence-corrected chi connectivity index (χ4v) is 1.62. The lowest BCUT2D eigenvalue weighted by Crippen LogP contribution is -2.15. The van der Waals surface area contributed by atoms with Crippen LogP contribution in [0.2, 0.25) is 0 Å². The lowest BCUT2D eigenvalue weighted by molar-refractivity contribution is 0.592. The van der Waals surface area contributed by atoms with Gasteiger partial charge in [0, 0.05) is 6.04 Å². The normalized spacial score (nSPS) is 13.2. The summed E-state index contributed by atoms with van der Waals surface area (Å²) in [4.78, 5) is -0.248. The molecule has 0 amide bonds. The smallest absolute Gasteiger partial charge is 0.238 e. The molecule has 0 spiro atoms. The van der Waals surface area contributed by atoms with Gasteiger partial charge in [-0.05, 0) is 25.1 Å². The second-order valence-electron chi connectivity index (χ2n) is 3.36. The second-order valence-corrected chi connectivity index (χ2v) is 4.92. The predicted molar refractivity (Wildman–Crippen MR) is 61.1 cm³/mol. The summed E-state index contributed by atoms with van der Waals surface area (Å²) in [5, 5.41) is 7.68. The maximum absolute atomic E-state index is 13.5. The summed E-state index contributed by atoms with van der Waals surface area (Å²) in [6.07, 6.45) is 1.60. The van der Waals surface area contributed by atoms with Gasteiger partial charge in [-0.15, -0.1) is 6.58 Å². The lowest BCUT2D eigenvalue weighted by atomic mass is 10.2. The first-order chi connectivity index (χ1) is 7.34. The monoisotopic (exact) mass is 244 g/mol. The van der Waals surface area contributed by atoms with Gasteiger partial charge in [-0.1, -0.05) is 6.08 Å². The third kappa shape index (κ3) is 3.04. The number of hydrogen-bond donors (Lipinski definition) is 2. The zero-order valence-electron chi connectivity index (χ0n) is 8.77. The van der Waals surface area contributed by atoms with Crippen LogP contribution in [0.1, 0.15) is 6.92 Å². The van der Waals surface area contributed by atoms with Crippen molar-refractivity contribution in [3.05, 3.63) is 36.7 Å². The van der Waals surface area contributed by atoms with Crippen molar-refractivity contribution in [1.82, 2.24) is 0 Å². The minimum Gasteiger partial charge on any atom is -0.377 e. The Hall–Kier alpha value is -1.40. The van der Waals surface area contributed by atoms with E-state index in [0.717, 1.165) is 6.07 Å². The highest BCUT2D eigenvalue weighted by Gasteiger charge is 2.11. The van der Waals surface area contributed by atoms with E-state index in [1.54, 1.807) is 13.0 Å². The molecule has 16 heavy (non-hydrogen) atoms. The fourth-order valence-electron chi connectivity index (χ4n) is 1.09. The van der Waals surface area contributed by atoms with Gasteiger partial charge in [0.2, 0.25) is 10.0 Å². The van der Waals surface area contributed by atoms with Gasteiger partial charge in [-0.25, -0.2) is 17.9 Å². The number of sulfonamides is 1. The van der Waals surface area contributed by atoms with Gasteiger partial charge in [-0.3, -0.25) is 0 Å². The summed E-state index contributed by atoms with van der Waals surface area (Å²) in [5.74, 6) is -0.666. The number of hydrogen-bond acceptors (Lipinski definition) is 3. The maximum atomic E-state index is 13.5. The van der Waals surface area contributed by atoms with Gasteiger partial charge < -0.3 is 5.32 Å². The molecule has 1 aromatic rings. The van der Waals surface area contributed by atoms with E-state index >= 15 is 0 Å². The Bertz CT molecular complexity index is 500. The first-order valence-electron chi connectivity index (χ1n) is 4.56. The first kappa shape index (κ1) is 12.7. The van der Waals surface area contributed by atoms with Crippen molar-refractivity contribution in [3.63, 3.8) is 0 Å². The average Bonchev–Trinajstić information content (AvgIpc) is 2.19. The van der Waals surface area contributed by atoms with Crippen LogP contribution < -0.4 is 10.5 Å². The number of nitrogens with two attached hydrogens (primary N) is 1. The van der Waals surface area contributed by atoms with Crippen LogP contribution in [0.4, 0.5) is 10.1 Å². The Kier molecular flexibility index (Phi) is 3.66. The van der Waals surface area contributed by atoms with Crippen molar-refractivity contribution in [2.75, 3.05) is 5.32 Å². The maximum Gasteiger partial charge on any atom is 0.238 e. The molecule has 6 heteroatoms. The van der Waals surface area contributed by atoms with Crippen molar-refractivity contribution in [2.45, 2.75) is 17.9 Å². The van der Waals surface area contributed by atoms with Crippen LogP contribution in [-0.2, 0) is 10.0 Å². The zero-order valence-corrected chi connectivity index (χ0v) is 9.59. The molecule has 0 saturated heterocycles. The highest BCUT2D eigenvalue weighted by molar-refractivity contribution is 7.89. The Morgan fingerprint density at radius 1 is 1.56 bits per heavy atom. The van der Waals surface area contributed by atoms with Crippen LogP contribution in [0.25, 0.3) is 0 Å². The molecule has 0 aromatic heterocycles. The molecule has 3 N–H and O–H groups in total. The van der Waals surface area contributed by atoms with Crippen molar-refractivity contribution < 1.29 is 12.8 Å². The average molecular weight is 244 g/mol. The van der Waals surface area contributed by atoms with E-state index in [1.807, 2.05) is 0 Å². The number of nitrogens with one attached hydrogen (secondary N) is 1. The molecule has 1 aromatic carbocycles. The van der Waals surface area contributed by atoms with Crippen molar-refractivity contribution in [2.24, 2.45) is 5.14 Å². The molecule has 1 rings (SSSR count). The molecule has 0 aliphatic heterocycles. The molecular formula is C10H13FN2O2S. The highest BCUT2D eigenvalue weighted by atomic mass is 32.2. The molecule has 0 aliphatic carbocycles. The van der Waals surface area contributed by atoms with Crippen LogP contribution in [-0.4, -0.2) is 14.5 Å². The van der Waals surface area contributed by atoms with Gasteiger partial charge in [0.15, 0.2) is 0 Å². The van der Waals surface area contributed by atoms with Crippen LogP contribution >= 0.6 is 0 Å². The third-order valence-electron chi connectivity index (χ3n) is 2.01. The molecule has 0 heterocycles. The van der Waals surface area contributed by atoms with E-state index in [1.165, 1.54) is 12.1 Å². The molecule has 88 valence electrons. The first-order valence-corrected chi connectivity index (χ1v) is 6.10. The summed E-state index contributed by atoms with van der Waals surface area (Å²) in [5.41, 5.74) is 0.208. The van der Waals surface area contributed by atoms with E-state index in [2.05, 4.69) is 11.9 Å². The fraction of sp³-hybridized carbons (Fsp3) is 0.200. The van der Waals surface area contributed by atoms with E-state index in [-0.39, 0.29) is 16.6 Å². The molecule has 1 unspecified atom stereocenters. The SMILES string of the molecule is C=CC(C)Nc1ccc(S(N)(=O)=O)cc1F. The van der Waals surface area contributed by atoms with E-state index in [9.17, 15) is 12.8 Å². The zero-order chi connectivity index (χ0) is 12.3. The van der Waals surface area contributed by atoms with E-state index < -0.39 is 15.8 Å². The largest absolute Gasteiger partial charge is 0.377 e. The molecular weight excluding hydrogens is 231 g/mol. The van der Waals surface area contributed by atoms with Crippen molar-refractivity contribution in [3.8, 4) is 0 Å². The summed E-state index contributed by atoms with van der Waals surface area (Å²) in [6.45, 7) is 5.33. The third-order valence-corrected chi connectivity index (χ3v) is 2.92. The molecule has 0 bridgehead atoms. The molecule has 0 saturated carbocycles. The molecule has 0 aliphatic rings. The Balaban J connectivity index is 3.05. The number of rotatable bonds is 4. The Morgan fingerprint density at radius 2 is 2.19 bits per heavy atom. The quantitative estimate of drug-likeness (QED) is 0.787. The van der Waals surface area contributed by atoms with Crippen LogP contribution in [0, 0.1) is 5.82 Å². The molecule has 0 radical (unpaired) electrons. The topological polar surface area (TPSA) is 72.2 Å². The van der Waals surface area contributed by atoms with Gasteiger partial charge in [-0.2, -0.15) is 0 Å². The van der Waals surface area contributed by atoms with Gasteiger partial charge in [0.05, 0.1) is 10.6 Å². The van der Waals surface area contributed by atoms with Crippen molar-refractivity contribution >= 4 is 15.7 Å². The lowest BCUT2D eigenvalue weighted by Gasteiger charge is -2.12. The number of benzene rings is 1. The van der Waals surface area contributed by atoms with E-state index in [0.29, 0.717) is 0 Å². The summed E-state index contributed by atoms with van der Waals surface area (Å²) >= 11 is 0. The van der Waals surface area contributed by atoms with Crippen LogP contribution in [0.5, 0.6) is 0 Å². The number of primary sulfonamides is 1. The summed E-state index contributed by atoms with van der Waals surface area (Å²) in [6, 6.07) is 3.34. The van der Waals surface area contributed by atoms with Gasteiger partial charge in [0.1, 0.15) is 5.82 Å². The molecule has 0 fully saturated rings. The minimum atomic E-state index is -3.86. The number of anilines is 1. The Morgan fingerprint density at radius 3 is 2.62 bits per heavy atom. The molecule has 4 nitrogen and oxygen atoms in total. The Labute approximate surface area is 94.0 Å². The van der Waals surface area contributed by atoms with E-state index in [4.69, 9.17) is 5.14 Å².